The van der Waals surface area contributed by atoms with Crippen LogP contribution in [0.25, 0.3) is 0 Å². The van der Waals surface area contributed by atoms with E-state index in [4.69, 9.17) is 5.73 Å². The number of nitrogens with two attached hydrogens (primary N) is 1. The zero-order valence-corrected chi connectivity index (χ0v) is 11.9. The molecule has 0 spiro atoms. The van der Waals surface area contributed by atoms with E-state index in [1.165, 1.54) is 0 Å². The minimum atomic E-state index is -0.486. The van der Waals surface area contributed by atoms with Crippen LogP contribution in [0.3, 0.4) is 0 Å². The lowest BCUT2D eigenvalue weighted by molar-refractivity contribution is -0.137. The summed E-state index contributed by atoms with van der Waals surface area (Å²) in [5.74, 6) is -0.229. The van der Waals surface area contributed by atoms with Gasteiger partial charge in [-0.15, -0.1) is 0 Å². The van der Waals surface area contributed by atoms with E-state index in [1.54, 1.807) is 4.90 Å². The summed E-state index contributed by atoms with van der Waals surface area (Å²) in [4.78, 5) is 25.2. The van der Waals surface area contributed by atoms with Gasteiger partial charge in [0.25, 0.3) is 0 Å². The molecule has 0 unspecified atom stereocenters. The molecule has 18 heavy (non-hydrogen) atoms. The zero-order valence-electron chi connectivity index (χ0n) is 11.9. The van der Waals surface area contributed by atoms with Crippen LogP contribution in [0, 0.1) is 0 Å². The van der Waals surface area contributed by atoms with Gasteiger partial charge in [0.15, 0.2) is 0 Å². The van der Waals surface area contributed by atoms with Gasteiger partial charge in [0.1, 0.15) is 0 Å². The van der Waals surface area contributed by atoms with Gasteiger partial charge in [0, 0.05) is 13.1 Å². The van der Waals surface area contributed by atoms with Crippen molar-refractivity contribution in [3.8, 4) is 0 Å². The monoisotopic (exact) mass is 257 g/mol. The molecule has 2 amide bonds. The Kier molecular flexibility index (Phi) is 9.28. The summed E-state index contributed by atoms with van der Waals surface area (Å²) in [5, 5.41) is 2.77. The van der Waals surface area contributed by atoms with Gasteiger partial charge < -0.3 is 16.0 Å². The molecule has 0 aliphatic rings. The van der Waals surface area contributed by atoms with Crippen molar-refractivity contribution in [3.05, 3.63) is 0 Å². The van der Waals surface area contributed by atoms with Crippen LogP contribution in [0.2, 0.25) is 0 Å². The lowest BCUT2D eigenvalue weighted by Crippen LogP contribution is -2.48. The third-order valence-corrected chi connectivity index (χ3v) is 2.63. The Hall–Kier alpha value is -1.10. The molecule has 0 aromatic heterocycles. The van der Waals surface area contributed by atoms with Crippen LogP contribution in [0.1, 0.15) is 46.5 Å². The molecular formula is C13H27N3O2. The molecule has 0 aliphatic heterocycles. The molecule has 0 radical (unpaired) electrons. The quantitative estimate of drug-likeness (QED) is 0.644. The predicted octanol–water partition coefficient (Wildman–Crippen LogP) is 0.879. The molecule has 0 aliphatic carbocycles. The van der Waals surface area contributed by atoms with Crippen molar-refractivity contribution in [1.82, 2.24) is 10.2 Å². The molecule has 0 fully saturated rings. The zero-order chi connectivity index (χ0) is 14.0. The second-order valence-electron chi connectivity index (χ2n) is 4.50. The van der Waals surface area contributed by atoms with Crippen LogP contribution in [-0.2, 0) is 9.59 Å². The summed E-state index contributed by atoms with van der Waals surface area (Å²) in [6, 6.07) is -0.486. The van der Waals surface area contributed by atoms with Gasteiger partial charge in [-0.1, -0.05) is 27.2 Å². The van der Waals surface area contributed by atoms with Gasteiger partial charge in [-0.2, -0.15) is 0 Å². The highest BCUT2D eigenvalue weighted by molar-refractivity contribution is 5.87. The highest BCUT2D eigenvalue weighted by Crippen LogP contribution is 2.01. The van der Waals surface area contributed by atoms with Gasteiger partial charge in [0.05, 0.1) is 12.6 Å². The normalized spacial score (nSPS) is 12.0. The summed E-state index contributed by atoms with van der Waals surface area (Å²) in [6.07, 6.45) is 3.25. The highest BCUT2D eigenvalue weighted by Gasteiger charge is 2.21. The summed E-state index contributed by atoms with van der Waals surface area (Å²) in [6.45, 7) is 7.31. The number of amides is 2. The molecule has 0 bridgehead atoms. The number of carbonyl (C=O) groups excluding carboxylic acids is 2. The van der Waals surface area contributed by atoms with Gasteiger partial charge in [-0.25, -0.2) is 0 Å². The summed E-state index contributed by atoms with van der Waals surface area (Å²) in [7, 11) is 0. The average Bonchev–Trinajstić information content (AvgIpc) is 2.35. The van der Waals surface area contributed by atoms with E-state index < -0.39 is 6.04 Å². The molecule has 3 N–H and O–H groups in total. The fraction of sp³-hybridized carbons (Fsp3) is 0.846. The maximum absolute atomic E-state index is 12.1. The van der Waals surface area contributed by atoms with E-state index in [0.717, 1.165) is 19.3 Å². The minimum Gasteiger partial charge on any atom is -0.355 e. The second-order valence-corrected chi connectivity index (χ2v) is 4.50. The Labute approximate surface area is 110 Å². The van der Waals surface area contributed by atoms with Gasteiger partial charge >= 0.3 is 0 Å². The van der Waals surface area contributed by atoms with Crippen molar-refractivity contribution in [2.75, 3.05) is 19.6 Å². The Balaban J connectivity index is 4.36. The number of nitrogens with zero attached hydrogens (tertiary/aromatic N) is 1. The van der Waals surface area contributed by atoms with Crippen molar-refractivity contribution in [2.24, 2.45) is 5.73 Å². The van der Waals surface area contributed by atoms with E-state index in [9.17, 15) is 9.59 Å². The number of rotatable bonds is 9. The Morgan fingerprint density at radius 1 is 1.17 bits per heavy atom. The standard InChI is InChI=1S/C13H27N3O2/c1-4-7-11(14)13(18)16(9-6-3)10-12(17)15-8-5-2/h11H,4-10,14H2,1-3H3,(H,15,17)/t11-/m1/s1. The van der Waals surface area contributed by atoms with E-state index in [1.807, 2.05) is 20.8 Å². The molecule has 106 valence electrons. The fourth-order valence-electron chi connectivity index (χ4n) is 1.70. The molecular weight excluding hydrogens is 230 g/mol. The first-order valence-electron chi connectivity index (χ1n) is 6.87. The third kappa shape index (κ3) is 6.59. The Bertz CT molecular complexity index is 257. The maximum Gasteiger partial charge on any atom is 0.239 e. The number of hydrogen-bond acceptors (Lipinski definition) is 3. The van der Waals surface area contributed by atoms with Crippen LogP contribution < -0.4 is 11.1 Å². The van der Waals surface area contributed by atoms with Crippen LogP contribution in [0.15, 0.2) is 0 Å². The smallest absolute Gasteiger partial charge is 0.239 e. The van der Waals surface area contributed by atoms with Crippen molar-refractivity contribution < 1.29 is 9.59 Å². The molecule has 0 rings (SSSR count). The van der Waals surface area contributed by atoms with Gasteiger partial charge in [-0.3, -0.25) is 9.59 Å². The third-order valence-electron chi connectivity index (χ3n) is 2.63. The van der Waals surface area contributed by atoms with Crippen molar-refractivity contribution in [2.45, 2.75) is 52.5 Å². The maximum atomic E-state index is 12.1. The van der Waals surface area contributed by atoms with E-state index in [2.05, 4.69) is 5.32 Å². The van der Waals surface area contributed by atoms with Crippen LogP contribution in [0.4, 0.5) is 0 Å². The van der Waals surface area contributed by atoms with Gasteiger partial charge in [0.2, 0.25) is 11.8 Å². The van der Waals surface area contributed by atoms with E-state index >= 15 is 0 Å². The highest BCUT2D eigenvalue weighted by atomic mass is 16.2. The fourth-order valence-corrected chi connectivity index (χ4v) is 1.70. The van der Waals surface area contributed by atoms with Crippen LogP contribution in [-0.4, -0.2) is 42.4 Å². The van der Waals surface area contributed by atoms with E-state index in [-0.39, 0.29) is 18.4 Å². The molecule has 0 aromatic rings. The second kappa shape index (κ2) is 9.88. The molecule has 5 heteroatoms. The topological polar surface area (TPSA) is 75.4 Å². The summed E-state index contributed by atoms with van der Waals surface area (Å²) >= 11 is 0. The molecule has 0 heterocycles. The average molecular weight is 257 g/mol. The van der Waals surface area contributed by atoms with Crippen molar-refractivity contribution in [1.29, 1.82) is 0 Å². The number of hydrogen-bond donors (Lipinski definition) is 2. The van der Waals surface area contributed by atoms with Crippen molar-refractivity contribution in [3.63, 3.8) is 0 Å². The molecule has 1 atom stereocenters. The lowest BCUT2D eigenvalue weighted by Gasteiger charge is -2.24. The largest absolute Gasteiger partial charge is 0.355 e. The summed E-state index contributed by atoms with van der Waals surface area (Å²) in [5.41, 5.74) is 5.81. The van der Waals surface area contributed by atoms with E-state index in [0.29, 0.717) is 19.5 Å². The molecule has 0 saturated carbocycles. The molecule has 0 saturated heterocycles. The predicted molar refractivity (Wildman–Crippen MR) is 73.1 cm³/mol. The molecule has 0 aromatic carbocycles. The molecule has 5 nitrogen and oxygen atoms in total. The first-order chi connectivity index (χ1) is 8.56. The minimum absolute atomic E-state index is 0.109. The first-order valence-corrected chi connectivity index (χ1v) is 6.87. The lowest BCUT2D eigenvalue weighted by atomic mass is 10.1. The summed E-state index contributed by atoms with van der Waals surface area (Å²) < 4.78 is 0. The first kappa shape index (κ1) is 16.9. The SMILES string of the molecule is CCCNC(=O)CN(CCC)C(=O)[C@H](N)CCC. The number of carbonyl (C=O) groups is 2. The van der Waals surface area contributed by atoms with Gasteiger partial charge in [-0.05, 0) is 19.3 Å². The van der Waals surface area contributed by atoms with Crippen molar-refractivity contribution >= 4 is 11.8 Å². The van der Waals surface area contributed by atoms with Crippen LogP contribution in [0.5, 0.6) is 0 Å². The Morgan fingerprint density at radius 2 is 1.83 bits per heavy atom. The Morgan fingerprint density at radius 3 is 2.33 bits per heavy atom. The van der Waals surface area contributed by atoms with Crippen LogP contribution >= 0.6 is 0 Å². The number of nitrogens with one attached hydrogen (secondary N) is 1.